The van der Waals surface area contributed by atoms with Gasteiger partial charge >= 0.3 is 0 Å². The van der Waals surface area contributed by atoms with Crippen molar-refractivity contribution in [1.29, 1.82) is 0 Å². The lowest BCUT2D eigenvalue weighted by atomic mass is 10.3. The Morgan fingerprint density at radius 3 is 2.71 bits per heavy atom. The molecule has 0 atom stereocenters. The molecule has 17 heavy (non-hydrogen) atoms. The molecule has 0 spiro atoms. The van der Waals surface area contributed by atoms with E-state index in [-0.39, 0.29) is 0 Å². The second-order valence-corrected chi connectivity index (χ2v) is 4.78. The van der Waals surface area contributed by atoms with Crippen LogP contribution < -0.4 is 5.73 Å². The summed E-state index contributed by atoms with van der Waals surface area (Å²) in [6.07, 6.45) is 5.30. The number of rotatable bonds is 4. The molecule has 2 rings (SSSR count). The number of hydrogen-bond acceptors (Lipinski definition) is 4. The zero-order valence-electron chi connectivity index (χ0n) is 10.7. The minimum atomic E-state index is 0.766. The van der Waals surface area contributed by atoms with Gasteiger partial charge in [0.05, 0.1) is 6.20 Å². The van der Waals surface area contributed by atoms with E-state index in [9.17, 15) is 0 Å². The van der Waals surface area contributed by atoms with E-state index < -0.39 is 0 Å². The first-order chi connectivity index (χ1) is 8.28. The Labute approximate surface area is 103 Å². The van der Waals surface area contributed by atoms with E-state index in [2.05, 4.69) is 21.1 Å². The molecule has 96 valence electrons. The summed E-state index contributed by atoms with van der Waals surface area (Å²) in [5, 5.41) is 4.21. The number of hydrogen-bond donors (Lipinski definition) is 1. The second-order valence-electron chi connectivity index (χ2n) is 4.78. The van der Waals surface area contributed by atoms with Crippen LogP contribution in [0.15, 0.2) is 12.4 Å². The van der Waals surface area contributed by atoms with Crippen LogP contribution in [0.5, 0.6) is 0 Å². The van der Waals surface area contributed by atoms with Gasteiger partial charge in [-0.2, -0.15) is 5.10 Å². The molecule has 2 heterocycles. The highest BCUT2D eigenvalue weighted by Gasteiger charge is 2.14. The van der Waals surface area contributed by atoms with Crippen LogP contribution in [0, 0.1) is 0 Å². The minimum Gasteiger partial charge on any atom is -0.329 e. The van der Waals surface area contributed by atoms with E-state index in [0.717, 1.165) is 32.7 Å². The van der Waals surface area contributed by atoms with Crippen molar-refractivity contribution < 1.29 is 0 Å². The first kappa shape index (κ1) is 12.5. The molecule has 5 nitrogen and oxygen atoms in total. The highest BCUT2D eigenvalue weighted by Crippen LogP contribution is 2.07. The topological polar surface area (TPSA) is 50.3 Å². The van der Waals surface area contributed by atoms with Crippen LogP contribution in [-0.2, 0) is 13.6 Å². The normalized spacial score (nSPS) is 19.4. The number of nitrogens with zero attached hydrogens (tertiary/aromatic N) is 4. The van der Waals surface area contributed by atoms with Gasteiger partial charge in [0.15, 0.2) is 0 Å². The van der Waals surface area contributed by atoms with Gasteiger partial charge in [0, 0.05) is 51.5 Å². The largest absolute Gasteiger partial charge is 0.329 e. The summed E-state index contributed by atoms with van der Waals surface area (Å²) in [4.78, 5) is 4.97. The molecule has 1 aromatic heterocycles. The molecule has 1 saturated heterocycles. The van der Waals surface area contributed by atoms with Crippen molar-refractivity contribution in [3.63, 3.8) is 0 Å². The van der Waals surface area contributed by atoms with E-state index in [0.29, 0.717) is 0 Å². The summed E-state index contributed by atoms with van der Waals surface area (Å²) < 4.78 is 1.87. The lowest BCUT2D eigenvalue weighted by Gasteiger charge is -2.20. The molecule has 2 N–H and O–H groups in total. The maximum Gasteiger partial charge on any atom is 0.0534 e. The third-order valence-electron chi connectivity index (χ3n) is 3.29. The van der Waals surface area contributed by atoms with E-state index in [1.54, 1.807) is 0 Å². The summed E-state index contributed by atoms with van der Waals surface area (Å²) in [6.45, 7) is 7.44. The molecule has 0 aromatic carbocycles. The number of aromatic nitrogens is 2. The molecule has 0 aliphatic carbocycles. The summed E-state index contributed by atoms with van der Waals surface area (Å²) in [7, 11) is 1.97. The van der Waals surface area contributed by atoms with Gasteiger partial charge in [0.1, 0.15) is 0 Å². The second kappa shape index (κ2) is 6.14. The Bertz CT molecular complexity index is 335. The SMILES string of the molecule is Cn1cc(CN2CCCN(CCN)CC2)cn1. The summed E-state index contributed by atoms with van der Waals surface area (Å²) in [5.41, 5.74) is 6.91. The highest BCUT2D eigenvalue weighted by molar-refractivity contribution is 5.03. The van der Waals surface area contributed by atoms with Crippen LogP contribution in [0.4, 0.5) is 0 Å². The molecular formula is C12H23N5. The summed E-state index contributed by atoms with van der Waals surface area (Å²) >= 11 is 0. The van der Waals surface area contributed by atoms with E-state index in [1.807, 2.05) is 17.9 Å². The van der Waals surface area contributed by atoms with Gasteiger partial charge in [-0.25, -0.2) is 0 Å². The maximum atomic E-state index is 5.61. The average molecular weight is 237 g/mol. The van der Waals surface area contributed by atoms with Gasteiger partial charge in [0.25, 0.3) is 0 Å². The van der Waals surface area contributed by atoms with Crippen molar-refractivity contribution in [1.82, 2.24) is 19.6 Å². The zero-order valence-corrected chi connectivity index (χ0v) is 10.7. The lowest BCUT2D eigenvalue weighted by Crippen LogP contribution is -2.33. The molecule has 0 unspecified atom stereocenters. The fourth-order valence-electron chi connectivity index (χ4n) is 2.40. The Morgan fingerprint density at radius 2 is 2.00 bits per heavy atom. The minimum absolute atomic E-state index is 0.766. The van der Waals surface area contributed by atoms with Crippen molar-refractivity contribution in [3.8, 4) is 0 Å². The predicted molar refractivity (Wildman–Crippen MR) is 68.6 cm³/mol. The van der Waals surface area contributed by atoms with Gasteiger partial charge in [0.2, 0.25) is 0 Å². The Morgan fingerprint density at radius 1 is 1.24 bits per heavy atom. The van der Waals surface area contributed by atoms with Crippen LogP contribution in [-0.4, -0.2) is 58.8 Å². The Hall–Kier alpha value is -0.910. The van der Waals surface area contributed by atoms with Crippen molar-refractivity contribution in [2.75, 3.05) is 39.3 Å². The first-order valence-electron chi connectivity index (χ1n) is 6.40. The fraction of sp³-hybridized carbons (Fsp3) is 0.750. The van der Waals surface area contributed by atoms with E-state index >= 15 is 0 Å². The first-order valence-corrected chi connectivity index (χ1v) is 6.40. The predicted octanol–water partition coefficient (Wildman–Crippen LogP) is -0.113. The highest BCUT2D eigenvalue weighted by atomic mass is 15.3. The van der Waals surface area contributed by atoms with Crippen LogP contribution >= 0.6 is 0 Å². The Kier molecular flexibility index (Phi) is 4.53. The van der Waals surface area contributed by atoms with Gasteiger partial charge in [-0.1, -0.05) is 0 Å². The number of aryl methyl sites for hydroxylation is 1. The molecule has 1 aliphatic rings. The average Bonchev–Trinajstić information content (AvgIpc) is 2.58. The zero-order chi connectivity index (χ0) is 12.1. The fourth-order valence-corrected chi connectivity index (χ4v) is 2.40. The van der Waals surface area contributed by atoms with Gasteiger partial charge in [-0.05, 0) is 19.5 Å². The third kappa shape index (κ3) is 3.80. The van der Waals surface area contributed by atoms with E-state index in [4.69, 9.17) is 5.73 Å². The molecule has 0 radical (unpaired) electrons. The van der Waals surface area contributed by atoms with Crippen molar-refractivity contribution >= 4 is 0 Å². The standard InChI is InChI=1S/C12H23N5/c1-15-10-12(9-14-15)11-17-5-2-4-16(6-3-13)7-8-17/h9-10H,2-8,11,13H2,1H3. The van der Waals surface area contributed by atoms with Gasteiger partial charge in [-0.3, -0.25) is 9.58 Å². The van der Waals surface area contributed by atoms with Crippen LogP contribution in [0.25, 0.3) is 0 Å². The molecule has 1 aliphatic heterocycles. The summed E-state index contributed by atoms with van der Waals surface area (Å²) in [6, 6.07) is 0. The van der Waals surface area contributed by atoms with Crippen LogP contribution in [0.1, 0.15) is 12.0 Å². The lowest BCUT2D eigenvalue weighted by molar-refractivity contribution is 0.255. The summed E-state index contributed by atoms with van der Waals surface area (Å²) in [5.74, 6) is 0. The molecule has 0 amide bonds. The van der Waals surface area contributed by atoms with Gasteiger partial charge < -0.3 is 10.6 Å². The molecule has 1 fully saturated rings. The smallest absolute Gasteiger partial charge is 0.0534 e. The Balaban J connectivity index is 1.82. The molecule has 1 aromatic rings. The van der Waals surface area contributed by atoms with Crippen molar-refractivity contribution in [2.24, 2.45) is 12.8 Å². The third-order valence-corrected chi connectivity index (χ3v) is 3.29. The molecular weight excluding hydrogens is 214 g/mol. The number of nitrogens with two attached hydrogens (primary N) is 1. The monoisotopic (exact) mass is 237 g/mol. The van der Waals surface area contributed by atoms with Gasteiger partial charge in [-0.15, -0.1) is 0 Å². The quantitative estimate of drug-likeness (QED) is 0.793. The van der Waals surface area contributed by atoms with Crippen LogP contribution in [0.2, 0.25) is 0 Å². The van der Waals surface area contributed by atoms with Crippen LogP contribution in [0.3, 0.4) is 0 Å². The molecule has 0 bridgehead atoms. The van der Waals surface area contributed by atoms with Crippen molar-refractivity contribution in [3.05, 3.63) is 18.0 Å². The molecule has 0 saturated carbocycles. The maximum absolute atomic E-state index is 5.61. The molecule has 5 heteroatoms. The van der Waals surface area contributed by atoms with Crippen molar-refractivity contribution in [2.45, 2.75) is 13.0 Å². The van der Waals surface area contributed by atoms with E-state index in [1.165, 1.54) is 25.1 Å².